The summed E-state index contributed by atoms with van der Waals surface area (Å²) in [5.74, 6) is 0.736. The van der Waals surface area contributed by atoms with E-state index in [2.05, 4.69) is 0 Å². The highest BCUT2D eigenvalue weighted by molar-refractivity contribution is 6.35. The van der Waals surface area contributed by atoms with Gasteiger partial charge in [0, 0.05) is 34.3 Å². The molecule has 0 saturated heterocycles. The third-order valence-corrected chi connectivity index (χ3v) is 5.39. The number of carbonyl (C=O) groups is 1. The summed E-state index contributed by atoms with van der Waals surface area (Å²) < 4.78 is 5.47. The van der Waals surface area contributed by atoms with E-state index in [0.29, 0.717) is 35.1 Å². The minimum absolute atomic E-state index is 0.0269. The van der Waals surface area contributed by atoms with Crippen molar-refractivity contribution >= 4 is 29.1 Å². The number of aryl methyl sites for hydroxylation is 1. The van der Waals surface area contributed by atoms with Crippen LogP contribution in [0.3, 0.4) is 0 Å². The molecule has 0 radical (unpaired) electrons. The Kier molecular flexibility index (Phi) is 7.18. The van der Waals surface area contributed by atoms with Crippen LogP contribution in [0, 0.1) is 6.92 Å². The lowest BCUT2D eigenvalue weighted by Crippen LogP contribution is -2.32. The normalized spacial score (nSPS) is 10.6. The fraction of sp³-hybridized carbons (Fsp3) is 0.208. The lowest BCUT2D eigenvalue weighted by atomic mass is 10.1. The van der Waals surface area contributed by atoms with Crippen LogP contribution in [0.5, 0.6) is 5.75 Å². The van der Waals surface area contributed by atoms with Crippen LogP contribution in [0.1, 0.15) is 27.0 Å². The molecule has 3 aromatic carbocycles. The number of hydrogen-bond acceptors (Lipinski definition) is 2. The number of benzene rings is 3. The van der Waals surface area contributed by atoms with Crippen LogP contribution in [0.2, 0.25) is 10.0 Å². The zero-order valence-corrected chi connectivity index (χ0v) is 18.0. The van der Waals surface area contributed by atoms with Crippen molar-refractivity contribution in [1.29, 1.82) is 0 Å². The number of carbonyl (C=O) groups excluding carboxylic acids is 1. The second-order valence-electron chi connectivity index (χ2n) is 6.89. The highest BCUT2D eigenvalue weighted by Crippen LogP contribution is 2.24. The lowest BCUT2D eigenvalue weighted by Gasteiger charge is -2.24. The van der Waals surface area contributed by atoms with E-state index in [4.69, 9.17) is 27.9 Å². The first-order chi connectivity index (χ1) is 14.0. The summed E-state index contributed by atoms with van der Waals surface area (Å²) in [6.45, 7) is 2.97. The van der Waals surface area contributed by atoms with Crippen LogP contribution in [0.4, 0.5) is 0 Å². The lowest BCUT2D eigenvalue weighted by molar-refractivity contribution is 0.0744. The van der Waals surface area contributed by atoms with Gasteiger partial charge in [-0.1, -0.05) is 65.2 Å². The number of para-hydroxylation sites is 1. The van der Waals surface area contributed by atoms with E-state index in [0.717, 1.165) is 22.4 Å². The molecule has 3 aromatic rings. The van der Waals surface area contributed by atoms with Gasteiger partial charge in [0.2, 0.25) is 0 Å². The molecule has 0 aliphatic carbocycles. The first-order valence-corrected chi connectivity index (χ1v) is 10.2. The molecular formula is C24H23Cl2NO2. The average molecular weight is 428 g/mol. The van der Waals surface area contributed by atoms with Crippen molar-refractivity contribution in [3.63, 3.8) is 0 Å². The molecule has 3 nitrogen and oxygen atoms in total. The molecule has 0 aliphatic rings. The molecule has 0 atom stereocenters. The summed E-state index contributed by atoms with van der Waals surface area (Å²) in [5, 5.41) is 1.21. The number of ether oxygens (including phenoxy) is 1. The maximum atomic E-state index is 13.3. The van der Waals surface area contributed by atoms with Crippen molar-refractivity contribution in [3.05, 3.63) is 99.0 Å². The summed E-state index contributed by atoms with van der Waals surface area (Å²) in [7, 11) is 1.64. The van der Waals surface area contributed by atoms with Gasteiger partial charge < -0.3 is 9.64 Å². The summed E-state index contributed by atoms with van der Waals surface area (Å²) in [5.41, 5.74) is 3.69. The molecule has 0 unspecified atom stereocenters. The smallest absolute Gasteiger partial charge is 0.254 e. The molecule has 5 heteroatoms. The molecule has 0 aliphatic heterocycles. The van der Waals surface area contributed by atoms with Gasteiger partial charge in [-0.25, -0.2) is 0 Å². The molecule has 29 heavy (non-hydrogen) atoms. The fourth-order valence-corrected chi connectivity index (χ4v) is 3.65. The van der Waals surface area contributed by atoms with Gasteiger partial charge in [0.1, 0.15) is 5.75 Å². The largest absolute Gasteiger partial charge is 0.496 e. The van der Waals surface area contributed by atoms with Crippen LogP contribution in [0.25, 0.3) is 0 Å². The molecular weight excluding hydrogens is 405 g/mol. The van der Waals surface area contributed by atoms with E-state index in [9.17, 15) is 4.79 Å². The van der Waals surface area contributed by atoms with Crippen molar-refractivity contribution in [2.75, 3.05) is 13.7 Å². The van der Waals surface area contributed by atoms with E-state index >= 15 is 0 Å². The topological polar surface area (TPSA) is 29.5 Å². The second-order valence-corrected chi connectivity index (χ2v) is 7.73. The Labute approximate surface area is 181 Å². The second kappa shape index (κ2) is 9.82. The molecule has 0 heterocycles. The molecule has 0 spiro atoms. The van der Waals surface area contributed by atoms with E-state index < -0.39 is 0 Å². The summed E-state index contributed by atoms with van der Waals surface area (Å²) in [6, 6.07) is 20.8. The van der Waals surface area contributed by atoms with Crippen LogP contribution in [-0.4, -0.2) is 24.5 Å². The van der Waals surface area contributed by atoms with Crippen molar-refractivity contribution in [2.24, 2.45) is 0 Å². The average Bonchev–Trinajstić information content (AvgIpc) is 2.72. The number of halogens is 2. The standard InChI is InChI=1S/C24H23Cl2NO2/c1-17-7-9-19(10-8-17)24(28)27(16-20-5-3-4-6-23(20)29-2)14-13-18-11-12-21(25)15-22(18)26/h3-12,15H,13-14,16H2,1-2H3. The zero-order valence-electron chi connectivity index (χ0n) is 16.5. The summed E-state index contributed by atoms with van der Waals surface area (Å²) in [4.78, 5) is 15.1. The minimum atomic E-state index is -0.0269. The van der Waals surface area contributed by atoms with Crippen molar-refractivity contribution in [2.45, 2.75) is 19.9 Å². The highest BCUT2D eigenvalue weighted by Gasteiger charge is 2.18. The number of methoxy groups -OCH3 is 1. The van der Waals surface area contributed by atoms with Gasteiger partial charge in [0.05, 0.1) is 7.11 Å². The first kappa shape index (κ1) is 21.2. The molecule has 0 N–H and O–H groups in total. The van der Waals surface area contributed by atoms with Crippen LogP contribution >= 0.6 is 23.2 Å². The van der Waals surface area contributed by atoms with Crippen molar-refractivity contribution in [3.8, 4) is 5.75 Å². The summed E-state index contributed by atoms with van der Waals surface area (Å²) in [6.07, 6.45) is 0.628. The number of nitrogens with zero attached hydrogens (tertiary/aromatic N) is 1. The van der Waals surface area contributed by atoms with Gasteiger partial charge in [0.25, 0.3) is 5.91 Å². The number of hydrogen-bond donors (Lipinski definition) is 0. The predicted molar refractivity (Wildman–Crippen MR) is 119 cm³/mol. The Morgan fingerprint density at radius 2 is 1.69 bits per heavy atom. The molecule has 150 valence electrons. The predicted octanol–water partition coefficient (Wildman–Crippen LogP) is 6.20. The SMILES string of the molecule is COc1ccccc1CN(CCc1ccc(Cl)cc1Cl)C(=O)c1ccc(C)cc1. The van der Waals surface area contributed by atoms with Gasteiger partial charge in [0.15, 0.2) is 0 Å². The zero-order chi connectivity index (χ0) is 20.8. The number of rotatable bonds is 7. The van der Waals surface area contributed by atoms with Gasteiger partial charge in [-0.15, -0.1) is 0 Å². The summed E-state index contributed by atoms with van der Waals surface area (Å²) >= 11 is 12.3. The molecule has 3 rings (SSSR count). The molecule has 0 saturated carbocycles. The molecule has 0 aromatic heterocycles. The third-order valence-electron chi connectivity index (χ3n) is 4.81. The maximum Gasteiger partial charge on any atom is 0.254 e. The van der Waals surface area contributed by atoms with Crippen LogP contribution < -0.4 is 4.74 Å². The molecule has 0 bridgehead atoms. The Balaban J connectivity index is 1.85. The molecule has 1 amide bonds. The van der Waals surface area contributed by atoms with E-state index in [-0.39, 0.29) is 5.91 Å². The fourth-order valence-electron chi connectivity index (χ4n) is 3.15. The van der Waals surface area contributed by atoms with Gasteiger partial charge in [-0.2, -0.15) is 0 Å². The number of amides is 1. The Bertz CT molecular complexity index is 986. The first-order valence-electron chi connectivity index (χ1n) is 9.39. The highest BCUT2D eigenvalue weighted by atomic mass is 35.5. The van der Waals surface area contributed by atoms with Gasteiger partial charge >= 0.3 is 0 Å². The van der Waals surface area contributed by atoms with Crippen LogP contribution in [-0.2, 0) is 13.0 Å². The van der Waals surface area contributed by atoms with Crippen molar-refractivity contribution < 1.29 is 9.53 Å². The monoisotopic (exact) mass is 427 g/mol. The van der Waals surface area contributed by atoms with Crippen molar-refractivity contribution in [1.82, 2.24) is 4.90 Å². The van der Waals surface area contributed by atoms with E-state index in [1.807, 2.05) is 72.5 Å². The Hall–Kier alpha value is -2.49. The Morgan fingerprint density at radius 1 is 0.966 bits per heavy atom. The van der Waals surface area contributed by atoms with E-state index in [1.54, 1.807) is 13.2 Å². The Morgan fingerprint density at radius 3 is 2.38 bits per heavy atom. The van der Waals surface area contributed by atoms with Gasteiger partial charge in [-0.05, 0) is 49.2 Å². The quantitative estimate of drug-likeness (QED) is 0.449. The minimum Gasteiger partial charge on any atom is -0.496 e. The maximum absolute atomic E-state index is 13.3. The third kappa shape index (κ3) is 5.53. The van der Waals surface area contributed by atoms with Crippen LogP contribution in [0.15, 0.2) is 66.7 Å². The molecule has 0 fully saturated rings. The van der Waals surface area contributed by atoms with E-state index in [1.165, 1.54) is 0 Å². The van der Waals surface area contributed by atoms with Gasteiger partial charge in [-0.3, -0.25) is 4.79 Å².